The summed E-state index contributed by atoms with van der Waals surface area (Å²) in [7, 11) is -6.49. The van der Waals surface area contributed by atoms with E-state index in [1.54, 1.807) is 41.5 Å². The molecule has 0 aliphatic heterocycles. The van der Waals surface area contributed by atoms with Gasteiger partial charge in [0.1, 0.15) is 11.2 Å². The van der Waals surface area contributed by atoms with Crippen LogP contribution in [0.5, 0.6) is 0 Å². The van der Waals surface area contributed by atoms with Gasteiger partial charge in [0.15, 0.2) is 9.79 Å². The van der Waals surface area contributed by atoms with E-state index in [4.69, 9.17) is 9.47 Å². The summed E-state index contributed by atoms with van der Waals surface area (Å²) in [5, 5.41) is 27.2. The first-order valence-electron chi connectivity index (χ1n) is 16.8. The maximum absolute atomic E-state index is 12.5. The number of carbonyl (C=O) groups excluding carboxylic acids is 2. The van der Waals surface area contributed by atoms with Crippen LogP contribution in [0.1, 0.15) is 80.1 Å². The Labute approximate surface area is 311 Å². The molecule has 298 valence electrons. The van der Waals surface area contributed by atoms with Crippen LogP contribution in [0.25, 0.3) is 0 Å². The predicted octanol–water partition coefficient (Wildman–Crippen LogP) is 5.48. The normalized spacial score (nSPS) is 11.9. The van der Waals surface area contributed by atoms with Gasteiger partial charge in [-0.15, -0.1) is 0 Å². The van der Waals surface area contributed by atoms with Gasteiger partial charge in [-0.05, 0) is 79.4 Å². The zero-order valence-electron chi connectivity index (χ0n) is 31.2. The zero-order chi connectivity index (χ0) is 40.5. The van der Waals surface area contributed by atoms with Crippen molar-refractivity contribution in [1.82, 2.24) is 19.7 Å². The summed E-state index contributed by atoms with van der Waals surface area (Å²) in [6.45, 7) is 11.9. The number of nitro groups is 2. The van der Waals surface area contributed by atoms with Crippen molar-refractivity contribution in [2.45, 2.75) is 101 Å². The molecule has 0 spiro atoms. The number of nitrogens with zero attached hydrogens (tertiary/aromatic N) is 3. The van der Waals surface area contributed by atoms with Gasteiger partial charge in [0, 0.05) is 45.4 Å². The van der Waals surface area contributed by atoms with Crippen LogP contribution in [0.3, 0.4) is 0 Å². The van der Waals surface area contributed by atoms with E-state index in [9.17, 15) is 46.7 Å². The third-order valence-corrected chi connectivity index (χ3v) is 10.1. The predicted molar refractivity (Wildman–Crippen MR) is 197 cm³/mol. The van der Waals surface area contributed by atoms with Crippen LogP contribution in [0.2, 0.25) is 0 Å². The van der Waals surface area contributed by atoms with Crippen molar-refractivity contribution in [3.63, 3.8) is 0 Å². The Bertz CT molecular complexity index is 1740. The number of ether oxygens (including phenoxy) is 2. The largest absolute Gasteiger partial charge is 0.444 e. The number of unbranched alkanes of at least 4 members (excludes halogenated alkanes) is 4. The summed E-state index contributed by atoms with van der Waals surface area (Å²) in [4.78, 5) is 42.8. The maximum Gasteiger partial charge on any atom is 0.407 e. The summed E-state index contributed by atoms with van der Waals surface area (Å²) >= 11 is 0. The number of nitro benzene ring substituents is 2. The zero-order valence-corrected chi connectivity index (χ0v) is 32.9. The monoisotopic (exact) mass is 788 g/mol. The lowest BCUT2D eigenvalue weighted by Crippen LogP contribution is -2.33. The lowest BCUT2D eigenvalue weighted by atomic mass is 10.2. The van der Waals surface area contributed by atoms with Crippen molar-refractivity contribution >= 4 is 43.6 Å². The number of benzene rings is 2. The highest BCUT2D eigenvalue weighted by Gasteiger charge is 2.29. The maximum atomic E-state index is 12.5. The van der Waals surface area contributed by atoms with Crippen LogP contribution in [0.4, 0.5) is 21.0 Å². The van der Waals surface area contributed by atoms with E-state index < -0.39 is 64.7 Å². The molecule has 20 heteroatoms. The minimum absolute atomic E-state index is 0.154. The Balaban J connectivity index is 0.000000530. The highest BCUT2D eigenvalue weighted by Crippen LogP contribution is 2.26. The number of amides is 2. The fraction of sp³-hybridized carbons (Fsp3) is 0.576. The molecule has 0 saturated heterocycles. The van der Waals surface area contributed by atoms with E-state index in [1.807, 2.05) is 0 Å². The van der Waals surface area contributed by atoms with Crippen molar-refractivity contribution < 1.29 is 45.7 Å². The molecule has 2 rings (SSSR count). The van der Waals surface area contributed by atoms with Gasteiger partial charge in [-0.1, -0.05) is 37.1 Å². The average molecular weight is 789 g/mol. The number of alkyl carbamates (subject to hydrolysis) is 2. The van der Waals surface area contributed by atoms with Crippen LogP contribution in [-0.2, 0) is 29.5 Å². The molecule has 0 bridgehead atoms. The first-order chi connectivity index (χ1) is 24.5. The quantitative estimate of drug-likeness (QED) is 0.0966. The van der Waals surface area contributed by atoms with Crippen molar-refractivity contribution in [1.29, 1.82) is 0 Å². The average Bonchev–Trinajstić information content (AvgIpc) is 3.04. The Morgan fingerprint density at radius 2 is 1.06 bits per heavy atom. The molecule has 0 radical (unpaired) electrons. The van der Waals surface area contributed by atoms with Gasteiger partial charge in [-0.25, -0.2) is 35.5 Å². The van der Waals surface area contributed by atoms with E-state index in [2.05, 4.69) is 15.4 Å². The second-order valence-electron chi connectivity index (χ2n) is 13.7. The summed E-state index contributed by atoms with van der Waals surface area (Å²) in [5.74, 6) is 0. The fourth-order valence-electron chi connectivity index (χ4n) is 4.31. The molecular formula is C33H52N6O12S2. The lowest BCUT2D eigenvalue weighted by molar-refractivity contribution is -0.388. The van der Waals surface area contributed by atoms with Crippen molar-refractivity contribution in [3.8, 4) is 0 Å². The minimum Gasteiger partial charge on any atom is -0.444 e. The number of carbonyl (C=O) groups is 2. The van der Waals surface area contributed by atoms with E-state index in [-0.39, 0.29) is 22.9 Å². The number of rotatable bonds is 18. The summed E-state index contributed by atoms with van der Waals surface area (Å²) in [6, 6.07) is 10.5. The molecular weight excluding hydrogens is 737 g/mol. The Kier molecular flexibility index (Phi) is 18.8. The van der Waals surface area contributed by atoms with Crippen molar-refractivity contribution in [3.05, 3.63) is 68.8 Å². The molecule has 2 aromatic carbocycles. The number of hydrogen-bond donors (Lipinski definition) is 3. The number of sulfonamides is 2. The van der Waals surface area contributed by atoms with Gasteiger partial charge >= 0.3 is 12.2 Å². The molecule has 53 heavy (non-hydrogen) atoms. The molecule has 0 atom stereocenters. The van der Waals surface area contributed by atoms with Gasteiger partial charge in [0.05, 0.1) is 9.85 Å². The number of hydrogen-bond acceptors (Lipinski definition) is 12. The molecule has 0 aliphatic rings. The molecule has 0 heterocycles. The van der Waals surface area contributed by atoms with Crippen molar-refractivity contribution in [2.24, 2.45) is 0 Å². The fourth-order valence-corrected chi connectivity index (χ4v) is 6.91. The minimum atomic E-state index is -3.94. The molecule has 3 N–H and O–H groups in total. The van der Waals surface area contributed by atoms with Crippen LogP contribution in [0.15, 0.2) is 58.3 Å². The third kappa shape index (κ3) is 18.3. The van der Waals surface area contributed by atoms with Crippen molar-refractivity contribution in [2.75, 3.05) is 33.2 Å². The lowest BCUT2D eigenvalue weighted by Gasteiger charge is -2.19. The summed E-state index contributed by atoms with van der Waals surface area (Å²) in [5.41, 5.74) is -2.00. The van der Waals surface area contributed by atoms with Gasteiger partial charge in [0.2, 0.25) is 20.0 Å². The van der Waals surface area contributed by atoms with E-state index in [0.29, 0.717) is 51.6 Å². The van der Waals surface area contributed by atoms with Crippen LogP contribution < -0.4 is 15.4 Å². The summed E-state index contributed by atoms with van der Waals surface area (Å²) < 4.78 is 63.1. The molecule has 0 aromatic heterocycles. The highest BCUT2D eigenvalue weighted by molar-refractivity contribution is 7.89. The molecule has 0 unspecified atom stereocenters. The first-order valence-corrected chi connectivity index (χ1v) is 19.8. The summed E-state index contributed by atoms with van der Waals surface area (Å²) in [6.07, 6.45) is 2.81. The van der Waals surface area contributed by atoms with Gasteiger partial charge in [-0.2, -0.15) is 0 Å². The number of nitrogens with one attached hydrogen (secondary N) is 3. The van der Waals surface area contributed by atoms with Gasteiger partial charge in [0.25, 0.3) is 11.4 Å². The molecule has 0 fully saturated rings. The van der Waals surface area contributed by atoms with E-state index >= 15 is 0 Å². The third-order valence-electron chi connectivity index (χ3n) is 6.73. The topological polar surface area (TPSA) is 246 Å². The highest BCUT2D eigenvalue weighted by atomic mass is 32.2. The first kappa shape index (κ1) is 46.6. The molecule has 2 amide bonds. The molecule has 0 saturated carbocycles. The molecule has 0 aliphatic carbocycles. The van der Waals surface area contributed by atoms with E-state index in [1.165, 1.54) is 49.5 Å². The Morgan fingerprint density at radius 1 is 0.660 bits per heavy atom. The van der Waals surface area contributed by atoms with Gasteiger partial charge in [-0.3, -0.25) is 20.2 Å². The number of para-hydroxylation sites is 2. The molecule has 18 nitrogen and oxygen atoms in total. The van der Waals surface area contributed by atoms with Crippen LogP contribution in [-0.4, -0.2) is 87.6 Å². The van der Waals surface area contributed by atoms with Gasteiger partial charge < -0.3 is 20.1 Å². The Hall–Kier alpha value is -4.40. The SMILES string of the molecule is CC(C)(C)OC(=O)NCCCCCNS(=O)(=O)c1ccccc1[N+](=O)[O-].CN(CCCCCNC(=O)OC(C)(C)C)S(=O)(=O)c1ccccc1[N+](=O)[O-]. The van der Waals surface area contributed by atoms with E-state index in [0.717, 1.165) is 10.4 Å². The van der Waals surface area contributed by atoms with Crippen LogP contribution >= 0.6 is 0 Å². The molecule has 2 aromatic rings. The Morgan fingerprint density at radius 3 is 1.51 bits per heavy atom. The smallest absolute Gasteiger partial charge is 0.407 e. The second kappa shape index (κ2) is 21.3. The standard InChI is InChI=1S/C17H27N3O6S.C16H25N3O6S/c1-17(2,3)26-16(21)18-12-8-5-9-13-19(4)27(24,25)15-11-7-6-10-14(15)20(22)23;1-16(2,3)25-15(20)17-11-7-4-8-12-18-26(23,24)14-10-6-5-9-13(14)19(21)22/h6-7,10-11H,5,8-9,12-13H2,1-4H3,(H,18,21);5-6,9-10,18H,4,7-8,11-12H2,1-3H3,(H,17,20). The second-order valence-corrected chi connectivity index (χ2v) is 17.4. The van der Waals surface area contributed by atoms with Crippen LogP contribution in [0, 0.1) is 20.2 Å².